The van der Waals surface area contributed by atoms with Crippen LogP contribution in [0.4, 0.5) is 0 Å². The summed E-state index contributed by atoms with van der Waals surface area (Å²) in [7, 11) is 0. The van der Waals surface area contributed by atoms with Crippen LogP contribution in [0.25, 0.3) is 0 Å². The van der Waals surface area contributed by atoms with Crippen molar-refractivity contribution >= 4 is 5.78 Å². The standard InChI is InChI=1S/C12H19NO.H2O/c1-3-6-11(7-4-2)10-12(14)8-5-9-13;/h3-4,10H,1-2,5-9,13H2;1H2. The van der Waals surface area contributed by atoms with Crippen molar-refractivity contribution in [2.24, 2.45) is 5.73 Å². The van der Waals surface area contributed by atoms with Crippen LogP contribution >= 0.6 is 0 Å². The van der Waals surface area contributed by atoms with Gasteiger partial charge in [-0.25, -0.2) is 0 Å². The van der Waals surface area contributed by atoms with Crippen molar-refractivity contribution in [1.29, 1.82) is 0 Å². The molecule has 0 spiro atoms. The molecule has 0 saturated carbocycles. The molecule has 0 atom stereocenters. The molecule has 0 aliphatic rings. The first-order valence-electron chi connectivity index (χ1n) is 4.88. The van der Waals surface area contributed by atoms with Gasteiger partial charge < -0.3 is 11.2 Å². The number of allylic oxidation sites excluding steroid dienone is 4. The van der Waals surface area contributed by atoms with Crippen LogP contribution in [-0.4, -0.2) is 17.8 Å². The lowest BCUT2D eigenvalue weighted by molar-refractivity contribution is -0.114. The van der Waals surface area contributed by atoms with E-state index in [2.05, 4.69) is 13.2 Å². The Kier molecular flexibility index (Phi) is 11.8. The summed E-state index contributed by atoms with van der Waals surface area (Å²) in [4.78, 5) is 11.4. The molecule has 3 heteroatoms. The van der Waals surface area contributed by atoms with Crippen LogP contribution in [0.2, 0.25) is 0 Å². The molecular formula is C12H21NO2. The second kappa shape index (κ2) is 10.9. The summed E-state index contributed by atoms with van der Waals surface area (Å²) in [5, 5.41) is 0. The maximum atomic E-state index is 11.4. The molecule has 0 rings (SSSR count). The van der Waals surface area contributed by atoms with Gasteiger partial charge in [-0.05, 0) is 31.9 Å². The Labute approximate surface area is 91.7 Å². The van der Waals surface area contributed by atoms with E-state index in [1.807, 2.05) is 0 Å². The summed E-state index contributed by atoms with van der Waals surface area (Å²) in [6.45, 7) is 7.86. The second-order valence-electron chi connectivity index (χ2n) is 3.15. The third kappa shape index (κ3) is 9.12. The van der Waals surface area contributed by atoms with E-state index in [4.69, 9.17) is 5.73 Å². The third-order valence-electron chi connectivity index (χ3n) is 1.81. The Bertz CT molecular complexity index is 220. The highest BCUT2D eigenvalue weighted by atomic mass is 16.1. The number of hydrogen-bond acceptors (Lipinski definition) is 2. The van der Waals surface area contributed by atoms with Crippen LogP contribution < -0.4 is 5.73 Å². The Morgan fingerprint density at radius 1 is 1.20 bits per heavy atom. The Balaban J connectivity index is 0. The van der Waals surface area contributed by atoms with Gasteiger partial charge in [-0.1, -0.05) is 17.7 Å². The lowest BCUT2D eigenvalue weighted by atomic mass is 10.1. The zero-order chi connectivity index (χ0) is 10.8. The van der Waals surface area contributed by atoms with Gasteiger partial charge in [-0.2, -0.15) is 0 Å². The minimum Gasteiger partial charge on any atom is -0.412 e. The zero-order valence-electron chi connectivity index (χ0n) is 9.17. The Hall–Kier alpha value is -1.19. The molecule has 4 N–H and O–H groups in total. The van der Waals surface area contributed by atoms with Crippen LogP contribution in [0.15, 0.2) is 37.0 Å². The Morgan fingerprint density at radius 2 is 1.73 bits per heavy atom. The molecule has 86 valence electrons. The molecule has 0 radical (unpaired) electrons. The molecule has 0 heterocycles. The number of carbonyl (C=O) groups excluding carboxylic acids is 1. The number of carbonyl (C=O) groups is 1. The van der Waals surface area contributed by atoms with Crippen molar-refractivity contribution in [2.75, 3.05) is 6.54 Å². The number of ketones is 1. The van der Waals surface area contributed by atoms with E-state index in [1.165, 1.54) is 0 Å². The van der Waals surface area contributed by atoms with Crippen LogP contribution in [0.3, 0.4) is 0 Å². The molecular weight excluding hydrogens is 190 g/mol. The van der Waals surface area contributed by atoms with Gasteiger partial charge in [0.2, 0.25) is 0 Å². The maximum Gasteiger partial charge on any atom is 0.155 e. The molecule has 0 aromatic rings. The van der Waals surface area contributed by atoms with Gasteiger partial charge in [-0.3, -0.25) is 4.79 Å². The van der Waals surface area contributed by atoms with Crippen molar-refractivity contribution in [3.63, 3.8) is 0 Å². The summed E-state index contributed by atoms with van der Waals surface area (Å²) in [6, 6.07) is 0. The Morgan fingerprint density at radius 3 is 2.13 bits per heavy atom. The molecule has 0 aromatic heterocycles. The minimum atomic E-state index is 0. The molecule has 0 aromatic carbocycles. The van der Waals surface area contributed by atoms with Gasteiger partial charge in [0.15, 0.2) is 5.78 Å². The van der Waals surface area contributed by atoms with Crippen molar-refractivity contribution in [3.05, 3.63) is 37.0 Å². The fourth-order valence-electron chi connectivity index (χ4n) is 1.15. The average molecular weight is 211 g/mol. The van der Waals surface area contributed by atoms with Crippen molar-refractivity contribution in [1.82, 2.24) is 0 Å². The first kappa shape index (κ1) is 16.2. The van der Waals surface area contributed by atoms with Crippen LogP contribution in [0.1, 0.15) is 25.7 Å². The number of hydrogen-bond donors (Lipinski definition) is 1. The monoisotopic (exact) mass is 211 g/mol. The zero-order valence-corrected chi connectivity index (χ0v) is 9.17. The minimum absolute atomic E-state index is 0. The van der Waals surface area contributed by atoms with Crippen molar-refractivity contribution in [2.45, 2.75) is 25.7 Å². The molecule has 15 heavy (non-hydrogen) atoms. The molecule has 0 aliphatic heterocycles. The molecule has 0 fully saturated rings. The van der Waals surface area contributed by atoms with Gasteiger partial charge in [0.25, 0.3) is 0 Å². The summed E-state index contributed by atoms with van der Waals surface area (Å²) in [6.07, 6.45) is 8.08. The normalized spacial score (nSPS) is 8.60. The van der Waals surface area contributed by atoms with E-state index in [-0.39, 0.29) is 11.3 Å². The van der Waals surface area contributed by atoms with E-state index in [0.717, 1.165) is 24.8 Å². The average Bonchev–Trinajstić information content (AvgIpc) is 2.15. The molecule has 3 nitrogen and oxygen atoms in total. The summed E-state index contributed by atoms with van der Waals surface area (Å²) in [5.41, 5.74) is 6.39. The van der Waals surface area contributed by atoms with Crippen LogP contribution in [-0.2, 0) is 4.79 Å². The predicted molar refractivity (Wildman–Crippen MR) is 64.6 cm³/mol. The lowest BCUT2D eigenvalue weighted by Crippen LogP contribution is -2.03. The van der Waals surface area contributed by atoms with E-state index in [1.54, 1.807) is 18.2 Å². The van der Waals surface area contributed by atoms with Gasteiger partial charge in [0.05, 0.1) is 0 Å². The van der Waals surface area contributed by atoms with Crippen molar-refractivity contribution < 1.29 is 10.3 Å². The van der Waals surface area contributed by atoms with E-state index >= 15 is 0 Å². The summed E-state index contributed by atoms with van der Waals surface area (Å²) in [5.74, 6) is 0.147. The van der Waals surface area contributed by atoms with Crippen LogP contribution in [0.5, 0.6) is 0 Å². The van der Waals surface area contributed by atoms with Gasteiger partial charge in [0.1, 0.15) is 0 Å². The highest BCUT2D eigenvalue weighted by Crippen LogP contribution is 2.09. The number of rotatable bonds is 8. The highest BCUT2D eigenvalue weighted by Gasteiger charge is 1.99. The first-order valence-corrected chi connectivity index (χ1v) is 4.88. The molecule has 0 aliphatic carbocycles. The first-order chi connectivity index (χ1) is 6.74. The second-order valence-corrected chi connectivity index (χ2v) is 3.15. The molecule has 0 saturated heterocycles. The largest absolute Gasteiger partial charge is 0.412 e. The molecule has 0 bridgehead atoms. The van der Waals surface area contributed by atoms with Gasteiger partial charge in [0, 0.05) is 6.42 Å². The van der Waals surface area contributed by atoms with Gasteiger partial charge >= 0.3 is 0 Å². The summed E-state index contributed by atoms with van der Waals surface area (Å²) >= 11 is 0. The van der Waals surface area contributed by atoms with E-state index in [0.29, 0.717) is 13.0 Å². The fourth-order valence-corrected chi connectivity index (χ4v) is 1.15. The predicted octanol–water partition coefficient (Wildman–Crippen LogP) is 1.55. The van der Waals surface area contributed by atoms with Crippen molar-refractivity contribution in [3.8, 4) is 0 Å². The molecule has 0 unspecified atom stereocenters. The maximum absolute atomic E-state index is 11.4. The van der Waals surface area contributed by atoms with Gasteiger partial charge in [-0.15, -0.1) is 13.2 Å². The topological polar surface area (TPSA) is 74.6 Å². The quantitative estimate of drug-likeness (QED) is 0.488. The summed E-state index contributed by atoms with van der Waals surface area (Å²) < 4.78 is 0. The van der Waals surface area contributed by atoms with E-state index < -0.39 is 0 Å². The fraction of sp³-hybridized carbons (Fsp3) is 0.417. The number of nitrogens with two attached hydrogens (primary N) is 1. The molecule has 0 amide bonds. The lowest BCUT2D eigenvalue weighted by Gasteiger charge is -2.00. The van der Waals surface area contributed by atoms with E-state index in [9.17, 15) is 4.79 Å². The highest BCUT2D eigenvalue weighted by molar-refractivity contribution is 5.90. The SMILES string of the molecule is C=CCC(=CC(=O)CCCN)CC=C.O. The third-order valence-corrected chi connectivity index (χ3v) is 1.81. The van der Waals surface area contributed by atoms with Crippen LogP contribution in [0, 0.1) is 0 Å². The smallest absolute Gasteiger partial charge is 0.155 e.